The molecule has 5 heteroatoms. The summed E-state index contributed by atoms with van der Waals surface area (Å²) in [6, 6.07) is 19.7. The Morgan fingerprint density at radius 3 is 2.67 bits per heavy atom. The SMILES string of the molecule is O=C(NCc1ncc2ccccn12)C(Cc1cccnc1)c1ccccc1. The van der Waals surface area contributed by atoms with Crippen molar-refractivity contribution in [1.29, 1.82) is 0 Å². The zero-order chi connectivity index (χ0) is 18.5. The van der Waals surface area contributed by atoms with Crippen LogP contribution >= 0.6 is 0 Å². The average molecular weight is 356 g/mol. The van der Waals surface area contributed by atoms with Crippen LogP contribution in [0, 0.1) is 0 Å². The largest absolute Gasteiger partial charge is 0.348 e. The molecule has 0 bridgehead atoms. The van der Waals surface area contributed by atoms with Gasteiger partial charge in [-0.3, -0.25) is 9.78 Å². The summed E-state index contributed by atoms with van der Waals surface area (Å²) < 4.78 is 1.99. The Hall–Kier alpha value is -3.47. The van der Waals surface area contributed by atoms with Crippen molar-refractivity contribution in [2.45, 2.75) is 18.9 Å². The molecular weight excluding hydrogens is 336 g/mol. The van der Waals surface area contributed by atoms with Crippen molar-refractivity contribution >= 4 is 11.4 Å². The maximum atomic E-state index is 13.0. The zero-order valence-electron chi connectivity index (χ0n) is 14.8. The van der Waals surface area contributed by atoms with Gasteiger partial charge in [0.05, 0.1) is 24.2 Å². The number of nitrogens with zero attached hydrogens (tertiary/aromatic N) is 3. The summed E-state index contributed by atoms with van der Waals surface area (Å²) in [6.45, 7) is 0.382. The van der Waals surface area contributed by atoms with Crippen LogP contribution in [0.3, 0.4) is 0 Å². The summed E-state index contributed by atoms with van der Waals surface area (Å²) in [7, 11) is 0. The molecule has 0 aliphatic heterocycles. The van der Waals surface area contributed by atoms with E-state index >= 15 is 0 Å². The Bertz CT molecular complexity index is 1030. The van der Waals surface area contributed by atoms with Crippen LogP contribution in [-0.2, 0) is 17.8 Å². The molecule has 0 fully saturated rings. The van der Waals surface area contributed by atoms with Gasteiger partial charge in [0.1, 0.15) is 5.82 Å². The van der Waals surface area contributed by atoms with E-state index in [1.54, 1.807) is 6.20 Å². The number of rotatable bonds is 6. The number of amides is 1. The lowest BCUT2D eigenvalue weighted by Gasteiger charge is -2.17. The summed E-state index contributed by atoms with van der Waals surface area (Å²) in [6.07, 6.45) is 7.92. The molecule has 0 radical (unpaired) electrons. The fourth-order valence-corrected chi connectivity index (χ4v) is 3.22. The van der Waals surface area contributed by atoms with E-state index in [9.17, 15) is 4.79 Å². The first-order valence-electron chi connectivity index (χ1n) is 8.94. The van der Waals surface area contributed by atoms with Crippen LogP contribution in [0.5, 0.6) is 0 Å². The molecule has 1 amide bonds. The molecule has 1 aromatic carbocycles. The number of imidazole rings is 1. The van der Waals surface area contributed by atoms with Gasteiger partial charge < -0.3 is 9.72 Å². The minimum Gasteiger partial charge on any atom is -0.348 e. The molecule has 1 unspecified atom stereocenters. The Labute approximate surface area is 157 Å². The van der Waals surface area contributed by atoms with Crippen molar-refractivity contribution in [2.75, 3.05) is 0 Å². The van der Waals surface area contributed by atoms with Crippen molar-refractivity contribution < 1.29 is 4.79 Å². The maximum absolute atomic E-state index is 13.0. The first-order valence-corrected chi connectivity index (χ1v) is 8.94. The molecule has 0 aliphatic carbocycles. The quantitative estimate of drug-likeness (QED) is 0.576. The van der Waals surface area contributed by atoms with Gasteiger partial charge in [-0.1, -0.05) is 42.5 Å². The number of pyridine rings is 2. The standard InChI is InChI=1S/C22H20N4O/c27-22(25-16-21-24-15-19-10-4-5-12-26(19)21)20(18-8-2-1-3-9-18)13-17-7-6-11-23-14-17/h1-12,14-15,20H,13,16H2,(H,25,27). The van der Waals surface area contributed by atoms with E-state index in [-0.39, 0.29) is 11.8 Å². The number of benzene rings is 1. The third-order valence-electron chi connectivity index (χ3n) is 4.62. The van der Waals surface area contributed by atoms with Gasteiger partial charge in [0.25, 0.3) is 0 Å². The molecule has 5 nitrogen and oxygen atoms in total. The highest BCUT2D eigenvalue weighted by Gasteiger charge is 2.21. The van der Waals surface area contributed by atoms with E-state index in [0.29, 0.717) is 13.0 Å². The summed E-state index contributed by atoms with van der Waals surface area (Å²) in [4.78, 5) is 21.6. The molecule has 4 aromatic rings. The molecule has 4 rings (SSSR count). The van der Waals surface area contributed by atoms with E-state index < -0.39 is 0 Å². The van der Waals surface area contributed by atoms with Gasteiger partial charge in [-0.15, -0.1) is 0 Å². The van der Waals surface area contributed by atoms with Gasteiger partial charge in [0.2, 0.25) is 5.91 Å². The van der Waals surface area contributed by atoms with Crippen LogP contribution in [0.25, 0.3) is 5.52 Å². The lowest BCUT2D eigenvalue weighted by molar-refractivity contribution is -0.122. The summed E-state index contributed by atoms with van der Waals surface area (Å²) in [5.74, 6) is 0.520. The third-order valence-corrected chi connectivity index (χ3v) is 4.62. The van der Waals surface area contributed by atoms with Crippen LogP contribution < -0.4 is 5.32 Å². The monoisotopic (exact) mass is 356 g/mol. The highest BCUT2D eigenvalue weighted by molar-refractivity contribution is 5.83. The molecule has 3 heterocycles. The van der Waals surface area contributed by atoms with Crippen molar-refractivity contribution in [1.82, 2.24) is 19.7 Å². The van der Waals surface area contributed by atoms with E-state index in [4.69, 9.17) is 0 Å². The fraction of sp³-hybridized carbons (Fsp3) is 0.136. The summed E-state index contributed by atoms with van der Waals surface area (Å²) in [5.41, 5.74) is 3.04. The number of hydrogen-bond acceptors (Lipinski definition) is 3. The van der Waals surface area contributed by atoms with Gasteiger partial charge in [0, 0.05) is 18.6 Å². The molecule has 0 spiro atoms. The maximum Gasteiger partial charge on any atom is 0.228 e. The van der Waals surface area contributed by atoms with E-state index in [1.165, 1.54) is 0 Å². The minimum atomic E-state index is -0.276. The Morgan fingerprint density at radius 2 is 1.85 bits per heavy atom. The molecule has 0 aliphatic rings. The molecular formula is C22H20N4O. The van der Waals surface area contributed by atoms with Crippen molar-refractivity contribution in [2.24, 2.45) is 0 Å². The molecule has 0 saturated carbocycles. The Kier molecular flexibility index (Phi) is 4.92. The number of hydrogen-bond donors (Lipinski definition) is 1. The molecule has 0 saturated heterocycles. The molecule has 27 heavy (non-hydrogen) atoms. The fourth-order valence-electron chi connectivity index (χ4n) is 3.22. The summed E-state index contributed by atoms with van der Waals surface area (Å²) >= 11 is 0. The lowest BCUT2D eigenvalue weighted by Crippen LogP contribution is -2.30. The van der Waals surface area contributed by atoms with E-state index in [0.717, 1.165) is 22.5 Å². The van der Waals surface area contributed by atoms with E-state index in [2.05, 4.69) is 15.3 Å². The van der Waals surface area contributed by atoms with Crippen molar-refractivity contribution in [3.8, 4) is 0 Å². The normalized spacial score (nSPS) is 12.0. The van der Waals surface area contributed by atoms with Gasteiger partial charge >= 0.3 is 0 Å². The first kappa shape index (κ1) is 17.0. The van der Waals surface area contributed by atoms with Crippen LogP contribution in [0.1, 0.15) is 22.9 Å². The number of carbonyl (C=O) groups is 1. The van der Waals surface area contributed by atoms with Gasteiger partial charge in [-0.05, 0) is 35.7 Å². The molecule has 3 aromatic heterocycles. The minimum absolute atomic E-state index is 0.0160. The predicted octanol–water partition coefficient (Wildman–Crippen LogP) is 3.37. The van der Waals surface area contributed by atoms with Crippen molar-refractivity contribution in [3.63, 3.8) is 0 Å². The van der Waals surface area contributed by atoms with Gasteiger partial charge in [-0.2, -0.15) is 0 Å². The highest BCUT2D eigenvalue weighted by atomic mass is 16.1. The van der Waals surface area contributed by atoms with Crippen LogP contribution in [-0.4, -0.2) is 20.3 Å². The van der Waals surface area contributed by atoms with Crippen LogP contribution in [0.2, 0.25) is 0 Å². The zero-order valence-corrected chi connectivity index (χ0v) is 14.8. The molecule has 1 atom stereocenters. The molecule has 1 N–H and O–H groups in total. The second kappa shape index (κ2) is 7.83. The smallest absolute Gasteiger partial charge is 0.228 e. The Morgan fingerprint density at radius 1 is 1.00 bits per heavy atom. The second-order valence-corrected chi connectivity index (χ2v) is 6.42. The van der Waals surface area contributed by atoms with Gasteiger partial charge in [-0.25, -0.2) is 4.98 Å². The number of fused-ring (bicyclic) bond motifs is 1. The number of aromatic nitrogens is 3. The predicted molar refractivity (Wildman–Crippen MR) is 104 cm³/mol. The number of nitrogens with one attached hydrogen (secondary N) is 1. The average Bonchev–Trinajstić information content (AvgIpc) is 3.15. The Balaban J connectivity index is 1.53. The van der Waals surface area contributed by atoms with Crippen molar-refractivity contribution in [3.05, 3.63) is 102 Å². The van der Waals surface area contributed by atoms with E-state index in [1.807, 2.05) is 83.7 Å². The third kappa shape index (κ3) is 3.87. The second-order valence-electron chi connectivity index (χ2n) is 6.42. The number of carbonyl (C=O) groups excluding carboxylic acids is 1. The highest BCUT2D eigenvalue weighted by Crippen LogP contribution is 2.21. The van der Waals surface area contributed by atoms with Crippen LogP contribution in [0.4, 0.5) is 0 Å². The van der Waals surface area contributed by atoms with Crippen LogP contribution in [0.15, 0.2) is 85.5 Å². The topological polar surface area (TPSA) is 59.3 Å². The first-order chi connectivity index (χ1) is 13.3. The lowest BCUT2D eigenvalue weighted by atomic mass is 9.92. The summed E-state index contributed by atoms with van der Waals surface area (Å²) in [5, 5.41) is 3.05. The molecule has 134 valence electrons. The van der Waals surface area contributed by atoms with Gasteiger partial charge in [0.15, 0.2) is 0 Å².